The molecule has 2 aliphatic rings. The van der Waals surface area contributed by atoms with Crippen LogP contribution in [0.1, 0.15) is 56.1 Å². The number of amides is 2. The molecule has 0 radical (unpaired) electrons. The molecule has 2 amide bonds. The largest absolute Gasteiger partial charge is 0.394 e. The summed E-state index contributed by atoms with van der Waals surface area (Å²) < 4.78 is 0. The Morgan fingerprint density at radius 1 is 1.35 bits per heavy atom. The van der Waals surface area contributed by atoms with Crippen LogP contribution in [0.5, 0.6) is 0 Å². The SMILES string of the molecule is CCCNC(=O)N1[C@@H](C#N)[C@@H](c2ccc(C3=CCCCC3)cc2)[C@@H]1CO. The molecule has 5 nitrogen and oxygen atoms in total. The first-order valence-electron chi connectivity index (χ1n) is 9.57. The van der Waals surface area contributed by atoms with Gasteiger partial charge in [0.05, 0.1) is 18.7 Å². The summed E-state index contributed by atoms with van der Waals surface area (Å²) in [7, 11) is 0. The van der Waals surface area contributed by atoms with E-state index in [1.165, 1.54) is 28.9 Å². The molecule has 1 aromatic carbocycles. The number of hydrogen-bond donors (Lipinski definition) is 2. The molecule has 0 unspecified atom stereocenters. The van der Waals surface area contributed by atoms with Crippen molar-refractivity contribution in [3.8, 4) is 6.07 Å². The van der Waals surface area contributed by atoms with Crippen LogP contribution >= 0.6 is 0 Å². The van der Waals surface area contributed by atoms with E-state index in [4.69, 9.17) is 0 Å². The minimum atomic E-state index is -0.538. The molecule has 0 saturated carbocycles. The molecule has 2 N–H and O–H groups in total. The maximum absolute atomic E-state index is 12.3. The number of nitriles is 1. The topological polar surface area (TPSA) is 76.4 Å². The maximum atomic E-state index is 12.3. The Morgan fingerprint density at radius 3 is 2.69 bits per heavy atom. The molecule has 0 bridgehead atoms. The van der Waals surface area contributed by atoms with E-state index in [0.717, 1.165) is 24.8 Å². The van der Waals surface area contributed by atoms with Crippen LogP contribution in [0.2, 0.25) is 0 Å². The van der Waals surface area contributed by atoms with Crippen molar-refractivity contribution in [1.82, 2.24) is 10.2 Å². The van der Waals surface area contributed by atoms with Crippen molar-refractivity contribution in [3.05, 3.63) is 41.5 Å². The number of aliphatic hydroxyl groups is 1. The third kappa shape index (κ3) is 3.47. The van der Waals surface area contributed by atoms with Gasteiger partial charge in [-0.1, -0.05) is 37.3 Å². The van der Waals surface area contributed by atoms with Crippen LogP contribution in [-0.4, -0.2) is 41.3 Å². The summed E-state index contributed by atoms with van der Waals surface area (Å²) >= 11 is 0. The van der Waals surface area contributed by atoms with Crippen LogP contribution in [-0.2, 0) is 0 Å². The van der Waals surface area contributed by atoms with Crippen LogP contribution < -0.4 is 5.32 Å². The first kappa shape index (κ1) is 18.5. The van der Waals surface area contributed by atoms with Crippen LogP contribution in [0.15, 0.2) is 30.3 Å². The van der Waals surface area contributed by atoms with Gasteiger partial charge in [-0.25, -0.2) is 4.79 Å². The quantitative estimate of drug-likeness (QED) is 0.851. The van der Waals surface area contributed by atoms with Gasteiger partial charge in [-0.05, 0) is 48.8 Å². The lowest BCUT2D eigenvalue weighted by Gasteiger charge is -2.51. The Balaban J connectivity index is 1.76. The molecule has 26 heavy (non-hydrogen) atoms. The zero-order valence-electron chi connectivity index (χ0n) is 15.3. The summed E-state index contributed by atoms with van der Waals surface area (Å²) in [6.45, 7) is 2.41. The predicted octanol–water partition coefficient (Wildman–Crippen LogP) is 3.42. The lowest BCUT2D eigenvalue weighted by molar-refractivity contribution is 0.0169. The van der Waals surface area contributed by atoms with Gasteiger partial charge in [-0.3, -0.25) is 0 Å². The number of carbonyl (C=O) groups excluding carboxylic acids is 1. The molecule has 1 aliphatic carbocycles. The molecule has 3 atom stereocenters. The van der Waals surface area contributed by atoms with Crippen molar-refractivity contribution in [2.45, 2.75) is 57.0 Å². The van der Waals surface area contributed by atoms with E-state index in [2.05, 4.69) is 29.6 Å². The number of rotatable bonds is 5. The van der Waals surface area contributed by atoms with Crippen molar-refractivity contribution < 1.29 is 9.90 Å². The third-order valence-corrected chi connectivity index (χ3v) is 5.45. The summed E-state index contributed by atoms with van der Waals surface area (Å²) in [4.78, 5) is 13.8. The number of nitrogens with zero attached hydrogens (tertiary/aromatic N) is 2. The van der Waals surface area contributed by atoms with Gasteiger partial charge in [0.15, 0.2) is 0 Å². The van der Waals surface area contributed by atoms with Gasteiger partial charge in [0.1, 0.15) is 6.04 Å². The molecule has 0 spiro atoms. The normalized spacial score (nSPS) is 25.0. The summed E-state index contributed by atoms with van der Waals surface area (Å²) in [5.74, 6) is -0.147. The third-order valence-electron chi connectivity index (χ3n) is 5.45. The van der Waals surface area contributed by atoms with Gasteiger partial charge < -0.3 is 15.3 Å². The molecule has 1 fully saturated rings. The highest BCUT2D eigenvalue weighted by atomic mass is 16.3. The van der Waals surface area contributed by atoms with Crippen molar-refractivity contribution in [1.29, 1.82) is 5.26 Å². The van der Waals surface area contributed by atoms with E-state index >= 15 is 0 Å². The number of likely N-dealkylation sites (tertiary alicyclic amines) is 1. The number of carbonyl (C=O) groups is 1. The molecule has 1 aliphatic heterocycles. The average molecular weight is 353 g/mol. The summed E-state index contributed by atoms with van der Waals surface area (Å²) in [6, 6.07) is 9.39. The van der Waals surface area contributed by atoms with E-state index < -0.39 is 6.04 Å². The van der Waals surface area contributed by atoms with E-state index in [-0.39, 0.29) is 24.6 Å². The average Bonchev–Trinajstić information content (AvgIpc) is 2.67. The van der Waals surface area contributed by atoms with Gasteiger partial charge in [-0.15, -0.1) is 0 Å². The highest BCUT2D eigenvalue weighted by Gasteiger charge is 2.51. The molecule has 5 heteroatoms. The van der Waals surface area contributed by atoms with Crippen LogP contribution in [0.3, 0.4) is 0 Å². The Hall–Kier alpha value is -2.32. The molecule has 1 aromatic rings. The van der Waals surface area contributed by atoms with Crippen molar-refractivity contribution in [2.75, 3.05) is 13.2 Å². The van der Waals surface area contributed by atoms with E-state index in [0.29, 0.717) is 6.54 Å². The van der Waals surface area contributed by atoms with Crippen LogP contribution in [0, 0.1) is 11.3 Å². The Morgan fingerprint density at radius 2 is 2.12 bits per heavy atom. The second-order valence-electron chi connectivity index (χ2n) is 7.09. The zero-order chi connectivity index (χ0) is 18.5. The van der Waals surface area contributed by atoms with Crippen LogP contribution in [0.4, 0.5) is 4.79 Å². The number of nitrogens with one attached hydrogen (secondary N) is 1. The monoisotopic (exact) mass is 353 g/mol. The van der Waals surface area contributed by atoms with Crippen molar-refractivity contribution in [3.63, 3.8) is 0 Å². The van der Waals surface area contributed by atoms with Gasteiger partial charge in [0.2, 0.25) is 0 Å². The van der Waals surface area contributed by atoms with Gasteiger partial charge in [0.25, 0.3) is 0 Å². The lowest BCUT2D eigenvalue weighted by atomic mass is 9.75. The second-order valence-corrected chi connectivity index (χ2v) is 7.09. The fourth-order valence-electron chi connectivity index (χ4n) is 4.03. The minimum absolute atomic E-state index is 0.144. The number of benzene rings is 1. The van der Waals surface area contributed by atoms with Gasteiger partial charge in [-0.2, -0.15) is 5.26 Å². The zero-order valence-corrected chi connectivity index (χ0v) is 15.3. The summed E-state index contributed by atoms with van der Waals surface area (Å²) in [6.07, 6.45) is 7.92. The molecule has 1 saturated heterocycles. The molecule has 3 rings (SSSR count). The molecular formula is C21H27N3O2. The second kappa shape index (κ2) is 8.37. The van der Waals surface area contributed by atoms with Crippen molar-refractivity contribution >= 4 is 11.6 Å². The standard InChI is InChI=1S/C21H27N3O2/c1-2-12-23-21(26)24-18(13-22)20(19(24)14-25)17-10-8-16(9-11-17)15-6-4-3-5-7-15/h6,8-11,18-20,25H,2-5,7,12,14H2,1H3,(H,23,26)/t18-,19-,20+/m0/s1. The first-order valence-corrected chi connectivity index (χ1v) is 9.57. The summed E-state index contributed by atoms with van der Waals surface area (Å²) in [5.41, 5.74) is 3.64. The smallest absolute Gasteiger partial charge is 0.318 e. The molecule has 138 valence electrons. The molecule has 0 aromatic heterocycles. The van der Waals surface area contributed by atoms with Gasteiger partial charge in [0, 0.05) is 12.5 Å². The summed E-state index contributed by atoms with van der Waals surface area (Å²) in [5, 5.41) is 22.2. The first-order chi connectivity index (χ1) is 12.7. The number of aliphatic hydroxyl groups excluding tert-OH is 1. The van der Waals surface area contributed by atoms with Gasteiger partial charge >= 0.3 is 6.03 Å². The van der Waals surface area contributed by atoms with E-state index in [1.54, 1.807) is 0 Å². The Labute approximate surface area is 155 Å². The Kier molecular flexibility index (Phi) is 5.95. The minimum Gasteiger partial charge on any atom is -0.394 e. The molecule has 1 heterocycles. The highest BCUT2D eigenvalue weighted by molar-refractivity contribution is 5.77. The fourth-order valence-corrected chi connectivity index (χ4v) is 4.03. The fraction of sp³-hybridized carbons (Fsp3) is 0.524. The number of allylic oxidation sites excluding steroid dienone is 2. The highest BCUT2D eigenvalue weighted by Crippen LogP contribution is 2.41. The Bertz CT molecular complexity index is 705. The van der Waals surface area contributed by atoms with Crippen molar-refractivity contribution in [2.24, 2.45) is 0 Å². The molecular weight excluding hydrogens is 326 g/mol. The maximum Gasteiger partial charge on any atom is 0.318 e. The number of hydrogen-bond acceptors (Lipinski definition) is 3. The lowest BCUT2D eigenvalue weighted by Crippen LogP contribution is -2.67. The van der Waals surface area contributed by atoms with E-state index in [1.807, 2.05) is 19.1 Å². The predicted molar refractivity (Wildman–Crippen MR) is 101 cm³/mol. The van der Waals surface area contributed by atoms with Crippen LogP contribution in [0.25, 0.3) is 5.57 Å². The number of urea groups is 1. The van der Waals surface area contributed by atoms with E-state index in [9.17, 15) is 15.2 Å².